The summed E-state index contributed by atoms with van der Waals surface area (Å²) in [7, 11) is 1.62. The number of nitrogens with one attached hydrogen (secondary N) is 1. The minimum Gasteiger partial charge on any atom is -0.508 e. The number of hydrogen-bond donors (Lipinski definition) is 2. The van der Waals surface area contributed by atoms with Crippen molar-refractivity contribution in [1.29, 1.82) is 0 Å². The first-order chi connectivity index (χ1) is 13.2. The van der Waals surface area contributed by atoms with Crippen molar-refractivity contribution in [1.82, 2.24) is 10.4 Å². The minimum absolute atomic E-state index is 0.141. The highest BCUT2D eigenvalue weighted by molar-refractivity contribution is 7.12. The molecule has 2 aromatic carbocycles. The van der Waals surface area contributed by atoms with Gasteiger partial charge < -0.3 is 9.84 Å². The van der Waals surface area contributed by atoms with Crippen molar-refractivity contribution >= 4 is 22.9 Å². The first kappa shape index (κ1) is 17.2. The van der Waals surface area contributed by atoms with E-state index in [0.717, 1.165) is 17.0 Å². The second kappa shape index (κ2) is 7.17. The summed E-state index contributed by atoms with van der Waals surface area (Å²) in [5, 5.41) is 13.7. The van der Waals surface area contributed by atoms with E-state index in [4.69, 9.17) is 4.74 Å². The molecule has 0 saturated carbocycles. The molecule has 0 saturated heterocycles. The maximum Gasteiger partial charge on any atom is 0.283 e. The lowest BCUT2D eigenvalue weighted by molar-refractivity contribution is 0.0676. The number of para-hydroxylation sites is 1. The summed E-state index contributed by atoms with van der Waals surface area (Å²) in [6.45, 7) is 0. The second-order valence-corrected chi connectivity index (χ2v) is 7.02. The van der Waals surface area contributed by atoms with Gasteiger partial charge >= 0.3 is 0 Å². The smallest absolute Gasteiger partial charge is 0.283 e. The molecular formula is C21H18N2O3S. The largest absolute Gasteiger partial charge is 0.508 e. The Morgan fingerprint density at radius 3 is 2.56 bits per heavy atom. The maximum atomic E-state index is 13.0. The molecule has 0 bridgehead atoms. The Kier molecular flexibility index (Phi) is 4.56. The first-order valence-corrected chi connectivity index (χ1v) is 9.33. The van der Waals surface area contributed by atoms with E-state index in [1.54, 1.807) is 30.3 Å². The number of amides is 1. The highest BCUT2D eigenvalue weighted by Gasteiger charge is 2.33. The molecule has 0 fully saturated rings. The van der Waals surface area contributed by atoms with Gasteiger partial charge in [0.25, 0.3) is 5.91 Å². The van der Waals surface area contributed by atoms with Crippen LogP contribution >= 0.6 is 11.3 Å². The molecule has 1 aliphatic heterocycles. The Labute approximate surface area is 161 Å². The summed E-state index contributed by atoms with van der Waals surface area (Å²) in [4.78, 5) is 13.7. The molecule has 3 aromatic rings. The number of benzene rings is 2. The minimum atomic E-state index is -0.419. The second-order valence-electron chi connectivity index (χ2n) is 6.08. The van der Waals surface area contributed by atoms with Gasteiger partial charge in [0.05, 0.1) is 17.7 Å². The fourth-order valence-corrected chi connectivity index (χ4v) is 3.72. The Bertz CT molecular complexity index is 981. The molecule has 1 unspecified atom stereocenters. The SMILES string of the molecule is COc1ccc(C2=CC(c3ccccc3O)N(C(=O)c3cccs3)N2)cc1. The van der Waals surface area contributed by atoms with E-state index in [-0.39, 0.29) is 11.7 Å². The van der Waals surface area contributed by atoms with Crippen LogP contribution in [0.1, 0.15) is 26.8 Å². The van der Waals surface area contributed by atoms with Gasteiger partial charge in [0.15, 0.2) is 0 Å². The van der Waals surface area contributed by atoms with Gasteiger partial charge in [0, 0.05) is 5.56 Å². The normalized spacial score (nSPS) is 16.0. The van der Waals surface area contributed by atoms with Crippen molar-refractivity contribution in [2.75, 3.05) is 7.11 Å². The van der Waals surface area contributed by atoms with Gasteiger partial charge in [-0.25, -0.2) is 5.01 Å². The Morgan fingerprint density at radius 2 is 1.89 bits per heavy atom. The number of hydrogen-bond acceptors (Lipinski definition) is 5. The van der Waals surface area contributed by atoms with Crippen molar-refractivity contribution in [2.45, 2.75) is 6.04 Å². The summed E-state index contributed by atoms with van der Waals surface area (Å²) in [5.74, 6) is 0.777. The van der Waals surface area contributed by atoms with E-state index in [1.165, 1.54) is 11.3 Å². The number of carbonyl (C=O) groups is 1. The summed E-state index contributed by atoms with van der Waals surface area (Å²) >= 11 is 1.39. The Balaban J connectivity index is 1.73. The quantitative estimate of drug-likeness (QED) is 0.714. The molecule has 1 aromatic heterocycles. The number of nitrogens with zero attached hydrogens (tertiary/aromatic N) is 1. The highest BCUT2D eigenvalue weighted by atomic mass is 32.1. The van der Waals surface area contributed by atoms with E-state index in [0.29, 0.717) is 10.4 Å². The first-order valence-electron chi connectivity index (χ1n) is 8.45. The predicted molar refractivity (Wildman–Crippen MR) is 105 cm³/mol. The monoisotopic (exact) mass is 378 g/mol. The fourth-order valence-electron chi connectivity index (χ4n) is 3.06. The maximum absolute atomic E-state index is 13.0. The Hall–Kier alpha value is -3.25. The van der Waals surface area contributed by atoms with Crippen LogP contribution in [-0.4, -0.2) is 23.1 Å². The van der Waals surface area contributed by atoms with Crippen LogP contribution in [0.3, 0.4) is 0 Å². The third-order valence-corrected chi connectivity index (χ3v) is 5.31. The average molecular weight is 378 g/mol. The van der Waals surface area contributed by atoms with Gasteiger partial charge in [0.1, 0.15) is 17.5 Å². The molecule has 0 aliphatic carbocycles. The number of aromatic hydroxyl groups is 1. The van der Waals surface area contributed by atoms with Gasteiger partial charge in [-0.2, -0.15) is 0 Å². The lowest BCUT2D eigenvalue weighted by Gasteiger charge is -2.25. The third kappa shape index (κ3) is 3.27. The van der Waals surface area contributed by atoms with Crippen LogP contribution < -0.4 is 10.2 Å². The van der Waals surface area contributed by atoms with Crippen LogP contribution in [0.25, 0.3) is 5.70 Å². The average Bonchev–Trinajstić information content (AvgIpc) is 3.38. The zero-order valence-corrected chi connectivity index (χ0v) is 15.4. The van der Waals surface area contributed by atoms with E-state index in [1.807, 2.05) is 53.9 Å². The third-order valence-electron chi connectivity index (χ3n) is 4.45. The van der Waals surface area contributed by atoms with Crippen molar-refractivity contribution in [3.05, 3.63) is 88.1 Å². The van der Waals surface area contributed by atoms with Crippen molar-refractivity contribution < 1.29 is 14.6 Å². The number of rotatable bonds is 4. The lowest BCUT2D eigenvalue weighted by atomic mass is 10.0. The molecule has 4 rings (SSSR count). The van der Waals surface area contributed by atoms with Gasteiger partial charge in [-0.1, -0.05) is 24.3 Å². The van der Waals surface area contributed by atoms with E-state index < -0.39 is 6.04 Å². The number of carbonyl (C=O) groups excluding carboxylic acids is 1. The number of phenolic OH excluding ortho intramolecular Hbond substituents is 1. The van der Waals surface area contributed by atoms with Gasteiger partial charge in [-0.05, 0) is 53.4 Å². The van der Waals surface area contributed by atoms with E-state index in [2.05, 4.69) is 5.43 Å². The summed E-state index contributed by atoms with van der Waals surface area (Å²) in [6.07, 6.45) is 1.95. The predicted octanol–water partition coefficient (Wildman–Crippen LogP) is 4.21. The van der Waals surface area contributed by atoms with Gasteiger partial charge in [0.2, 0.25) is 0 Å². The molecule has 0 radical (unpaired) electrons. The van der Waals surface area contributed by atoms with Crippen molar-refractivity contribution in [3.63, 3.8) is 0 Å². The van der Waals surface area contributed by atoms with Crippen LogP contribution in [-0.2, 0) is 0 Å². The lowest BCUT2D eigenvalue weighted by Crippen LogP contribution is -2.39. The van der Waals surface area contributed by atoms with Crippen LogP contribution in [0, 0.1) is 0 Å². The van der Waals surface area contributed by atoms with Gasteiger partial charge in [-0.3, -0.25) is 10.2 Å². The molecule has 136 valence electrons. The van der Waals surface area contributed by atoms with Crippen LogP contribution in [0.4, 0.5) is 0 Å². The molecule has 0 spiro atoms. The van der Waals surface area contributed by atoms with Crippen molar-refractivity contribution in [2.24, 2.45) is 0 Å². The molecule has 1 atom stereocenters. The number of phenols is 1. The molecular weight excluding hydrogens is 360 g/mol. The molecule has 1 aliphatic rings. The number of ether oxygens (including phenoxy) is 1. The summed E-state index contributed by atoms with van der Waals surface area (Å²) in [5.41, 5.74) is 5.60. The molecule has 6 heteroatoms. The fraction of sp³-hybridized carbons (Fsp3) is 0.0952. The zero-order valence-electron chi connectivity index (χ0n) is 14.6. The molecule has 2 heterocycles. The number of hydrazine groups is 1. The van der Waals surface area contributed by atoms with Crippen LogP contribution in [0.5, 0.6) is 11.5 Å². The summed E-state index contributed by atoms with van der Waals surface area (Å²) in [6, 6.07) is 17.9. The van der Waals surface area contributed by atoms with Gasteiger partial charge in [-0.15, -0.1) is 11.3 Å². The number of methoxy groups -OCH3 is 1. The summed E-state index contributed by atoms with van der Waals surface area (Å²) < 4.78 is 5.21. The van der Waals surface area contributed by atoms with Crippen molar-refractivity contribution in [3.8, 4) is 11.5 Å². The van der Waals surface area contributed by atoms with Crippen LogP contribution in [0.15, 0.2) is 72.1 Å². The number of thiophene rings is 1. The Morgan fingerprint density at radius 1 is 1.11 bits per heavy atom. The standard InChI is InChI=1S/C21H18N2O3S/c1-26-15-10-8-14(9-11-15)17-13-18(16-5-2-3-6-19(16)24)23(22-17)21(25)20-7-4-12-27-20/h2-13,18,22,24H,1H3. The van der Waals surface area contributed by atoms with E-state index >= 15 is 0 Å². The highest BCUT2D eigenvalue weighted by Crippen LogP contribution is 2.36. The molecule has 2 N–H and O–H groups in total. The zero-order chi connectivity index (χ0) is 18.8. The van der Waals surface area contributed by atoms with E-state index in [9.17, 15) is 9.90 Å². The molecule has 5 nitrogen and oxygen atoms in total. The topological polar surface area (TPSA) is 61.8 Å². The van der Waals surface area contributed by atoms with Crippen LogP contribution in [0.2, 0.25) is 0 Å². The molecule has 27 heavy (non-hydrogen) atoms. The molecule has 1 amide bonds.